The summed E-state index contributed by atoms with van der Waals surface area (Å²) in [6.07, 6.45) is 1.22. The van der Waals surface area contributed by atoms with Crippen LogP contribution < -0.4 is 5.32 Å². The summed E-state index contributed by atoms with van der Waals surface area (Å²) in [5, 5.41) is 23.9. The molecule has 0 aliphatic carbocycles. The quantitative estimate of drug-likeness (QED) is 0.0941. The molecular weight excluding hydrogens is 652 g/mol. The lowest BCUT2D eigenvalue weighted by atomic mass is 9.97. The first kappa shape index (κ1) is 36.9. The maximum absolute atomic E-state index is 12.3. The Morgan fingerprint density at radius 2 is 1.52 bits per heavy atom. The molecule has 270 valence electrons. The number of aliphatic hydroxyl groups is 1. The fourth-order valence-corrected chi connectivity index (χ4v) is 6.81. The molecule has 1 fully saturated rings. The van der Waals surface area contributed by atoms with Crippen LogP contribution in [0.5, 0.6) is 0 Å². The van der Waals surface area contributed by atoms with E-state index in [0.717, 1.165) is 33.4 Å². The average Bonchev–Trinajstić information content (AvgIpc) is 3.18. The number of carbonyl (C=O) groups excluding carboxylic acids is 1. The molecule has 6 rings (SSSR count). The number of carboxylic acid groups (broad SMARTS) is 1. The number of aliphatic carboxylic acids is 1. The van der Waals surface area contributed by atoms with Crippen LogP contribution in [-0.2, 0) is 32.2 Å². The molecule has 1 heterocycles. The summed E-state index contributed by atoms with van der Waals surface area (Å²) in [6, 6.07) is 39.6. The van der Waals surface area contributed by atoms with Gasteiger partial charge in [-0.3, -0.25) is 14.5 Å². The molecule has 0 bridgehead atoms. The third-order valence-electron chi connectivity index (χ3n) is 9.98. The second-order valence-electron chi connectivity index (χ2n) is 13.8. The van der Waals surface area contributed by atoms with Gasteiger partial charge in [-0.05, 0) is 89.2 Å². The molecule has 3 N–H and O–H groups in total. The number of carboxylic acids is 1. The predicted octanol–water partition coefficient (Wildman–Crippen LogP) is 8.50. The molecule has 1 amide bonds. The van der Waals surface area contributed by atoms with E-state index in [1.165, 1.54) is 16.3 Å². The van der Waals surface area contributed by atoms with E-state index in [2.05, 4.69) is 90.9 Å². The second-order valence-corrected chi connectivity index (χ2v) is 13.8. The first-order chi connectivity index (χ1) is 25.2. The van der Waals surface area contributed by atoms with Crippen LogP contribution in [0.25, 0.3) is 21.9 Å². The minimum atomic E-state index is -0.842. The van der Waals surface area contributed by atoms with E-state index in [9.17, 15) is 14.7 Å². The van der Waals surface area contributed by atoms with Crippen LogP contribution >= 0.6 is 0 Å². The third-order valence-corrected chi connectivity index (χ3v) is 9.98. The summed E-state index contributed by atoms with van der Waals surface area (Å²) in [5.41, 5.74) is 7.09. The molecule has 0 spiro atoms. The number of hydrogen-bond donors (Lipinski definition) is 3. The number of amides is 1. The topological polar surface area (TPSA) is 108 Å². The van der Waals surface area contributed by atoms with Crippen molar-refractivity contribution in [1.29, 1.82) is 0 Å². The van der Waals surface area contributed by atoms with Crippen molar-refractivity contribution in [2.75, 3.05) is 13.6 Å². The Balaban J connectivity index is 1.17. The first-order valence-corrected chi connectivity index (χ1v) is 18.1. The molecule has 0 saturated carbocycles. The van der Waals surface area contributed by atoms with Crippen molar-refractivity contribution < 1.29 is 29.3 Å². The molecule has 0 aromatic heterocycles. The molecule has 4 atom stereocenters. The number of nitrogens with one attached hydrogen (secondary N) is 1. The maximum atomic E-state index is 12.3. The van der Waals surface area contributed by atoms with Gasteiger partial charge in [0.05, 0.1) is 18.8 Å². The van der Waals surface area contributed by atoms with Crippen LogP contribution in [0.3, 0.4) is 0 Å². The molecule has 4 unspecified atom stereocenters. The molecule has 0 radical (unpaired) electrons. The fraction of sp³-hybridized carbons (Fsp3) is 0.318. The van der Waals surface area contributed by atoms with Crippen LogP contribution in [0.1, 0.15) is 85.3 Å². The van der Waals surface area contributed by atoms with E-state index in [0.29, 0.717) is 38.8 Å². The van der Waals surface area contributed by atoms with Crippen LogP contribution in [0.15, 0.2) is 115 Å². The van der Waals surface area contributed by atoms with E-state index in [-0.39, 0.29) is 37.2 Å². The number of unbranched alkanes of at least 4 members (excludes halogenated alkanes) is 1. The van der Waals surface area contributed by atoms with Gasteiger partial charge in [0.1, 0.15) is 0 Å². The van der Waals surface area contributed by atoms with Crippen molar-refractivity contribution in [2.24, 2.45) is 0 Å². The summed E-state index contributed by atoms with van der Waals surface area (Å²) >= 11 is 0. The minimum Gasteiger partial charge on any atom is -0.481 e. The van der Waals surface area contributed by atoms with Gasteiger partial charge >= 0.3 is 5.97 Å². The minimum absolute atomic E-state index is 0.00736. The summed E-state index contributed by atoms with van der Waals surface area (Å²) in [7, 11) is 2.15. The summed E-state index contributed by atoms with van der Waals surface area (Å²) in [4.78, 5) is 25.4. The molecule has 5 aromatic rings. The van der Waals surface area contributed by atoms with Crippen molar-refractivity contribution in [3.05, 3.63) is 143 Å². The SMILES string of the molecule is CC(c1ccc2ccccc2c1)N(C)CC1CC(c2ccc(CO)cc2)OC(c2cccc(-c3cccc(CNC(=O)CCCCC(=O)O)c3)c2)O1. The highest BCUT2D eigenvalue weighted by Gasteiger charge is 2.33. The smallest absolute Gasteiger partial charge is 0.303 e. The van der Waals surface area contributed by atoms with Crippen molar-refractivity contribution in [3.8, 4) is 11.1 Å². The number of aliphatic hydroxyl groups excluding tert-OH is 1. The lowest BCUT2D eigenvalue weighted by molar-refractivity contribution is -0.253. The van der Waals surface area contributed by atoms with Gasteiger partial charge < -0.3 is 25.0 Å². The van der Waals surface area contributed by atoms with Crippen LogP contribution in [0, 0.1) is 0 Å². The molecule has 5 aromatic carbocycles. The highest BCUT2D eigenvalue weighted by molar-refractivity contribution is 5.83. The molecule has 1 aliphatic rings. The Hall–Kier alpha value is -4.86. The van der Waals surface area contributed by atoms with Gasteiger partial charge in [0.15, 0.2) is 6.29 Å². The van der Waals surface area contributed by atoms with E-state index >= 15 is 0 Å². The lowest BCUT2D eigenvalue weighted by Gasteiger charge is -2.39. The number of hydrogen-bond acceptors (Lipinski definition) is 6. The van der Waals surface area contributed by atoms with Crippen molar-refractivity contribution >= 4 is 22.6 Å². The van der Waals surface area contributed by atoms with Crippen molar-refractivity contribution in [1.82, 2.24) is 10.2 Å². The van der Waals surface area contributed by atoms with Crippen LogP contribution in [-0.4, -0.2) is 46.7 Å². The van der Waals surface area contributed by atoms with Gasteiger partial charge in [0.25, 0.3) is 0 Å². The molecular formula is C44H48N2O6. The zero-order chi connectivity index (χ0) is 36.5. The monoisotopic (exact) mass is 700 g/mol. The number of carbonyl (C=O) groups is 2. The van der Waals surface area contributed by atoms with Gasteiger partial charge in [-0.1, -0.05) is 97.1 Å². The Bertz CT molecular complexity index is 1960. The molecule has 1 saturated heterocycles. The van der Waals surface area contributed by atoms with Gasteiger partial charge in [0.2, 0.25) is 5.91 Å². The number of nitrogens with zero attached hydrogens (tertiary/aromatic N) is 1. The van der Waals surface area contributed by atoms with Gasteiger partial charge in [-0.2, -0.15) is 0 Å². The Kier molecular flexibility index (Phi) is 12.5. The number of rotatable bonds is 15. The standard InChI is InChI=1S/C44H48N2O6/c1-30(35-22-21-33-10-3-4-11-37(33)24-35)46(2)28-40-26-41(34-19-17-31(29-47)18-20-34)52-44(51-40)39-14-8-13-38(25-39)36-12-7-9-32(23-36)27-45-42(48)15-5-6-16-43(49)50/h3-4,7-14,17-25,30,40-41,44,47H,5-6,15-16,26-29H2,1-2H3,(H,45,48)(H,49,50). The zero-order valence-electron chi connectivity index (χ0n) is 29.9. The predicted molar refractivity (Wildman–Crippen MR) is 203 cm³/mol. The van der Waals surface area contributed by atoms with E-state index in [4.69, 9.17) is 14.6 Å². The van der Waals surface area contributed by atoms with Gasteiger partial charge in [-0.15, -0.1) is 0 Å². The number of fused-ring (bicyclic) bond motifs is 1. The number of benzene rings is 5. The molecule has 8 heteroatoms. The van der Waals surface area contributed by atoms with Crippen molar-refractivity contribution in [3.63, 3.8) is 0 Å². The van der Waals surface area contributed by atoms with E-state index in [1.54, 1.807) is 0 Å². The molecule has 52 heavy (non-hydrogen) atoms. The normalized spacial score (nSPS) is 18.0. The number of likely N-dealkylation sites (N-methyl/N-ethyl adjacent to an activating group) is 1. The summed E-state index contributed by atoms with van der Waals surface area (Å²) in [5.74, 6) is -0.928. The van der Waals surface area contributed by atoms with Crippen molar-refractivity contribution in [2.45, 2.75) is 76.7 Å². The second kappa shape index (κ2) is 17.6. The highest BCUT2D eigenvalue weighted by Crippen LogP contribution is 2.39. The Labute approximate surface area is 306 Å². The molecule has 8 nitrogen and oxygen atoms in total. The van der Waals surface area contributed by atoms with Gasteiger partial charge in [0, 0.05) is 44.0 Å². The maximum Gasteiger partial charge on any atom is 0.303 e. The first-order valence-electron chi connectivity index (χ1n) is 18.1. The third kappa shape index (κ3) is 9.72. The number of ether oxygens (including phenoxy) is 2. The van der Waals surface area contributed by atoms with E-state index < -0.39 is 12.3 Å². The Morgan fingerprint density at radius 3 is 2.29 bits per heavy atom. The summed E-state index contributed by atoms with van der Waals surface area (Å²) < 4.78 is 13.4. The van der Waals surface area contributed by atoms with E-state index in [1.807, 2.05) is 48.5 Å². The zero-order valence-corrected chi connectivity index (χ0v) is 29.9. The van der Waals surface area contributed by atoms with Crippen LogP contribution in [0.2, 0.25) is 0 Å². The van der Waals surface area contributed by atoms with Crippen LogP contribution in [0.4, 0.5) is 0 Å². The Morgan fingerprint density at radius 1 is 0.788 bits per heavy atom. The summed E-state index contributed by atoms with van der Waals surface area (Å²) in [6.45, 7) is 3.33. The lowest BCUT2D eigenvalue weighted by Crippen LogP contribution is -2.38. The highest BCUT2D eigenvalue weighted by atomic mass is 16.7. The average molecular weight is 701 g/mol. The fourth-order valence-electron chi connectivity index (χ4n) is 6.81. The molecule has 1 aliphatic heterocycles. The largest absolute Gasteiger partial charge is 0.481 e. The van der Waals surface area contributed by atoms with Gasteiger partial charge in [-0.25, -0.2) is 0 Å².